The van der Waals surface area contributed by atoms with Gasteiger partial charge in [0.25, 0.3) is 0 Å². The van der Waals surface area contributed by atoms with Gasteiger partial charge in [-0.05, 0) is 52.0 Å². The highest BCUT2D eigenvalue weighted by molar-refractivity contribution is 5.79. The molecule has 1 N–H and O–H groups in total. The first-order chi connectivity index (χ1) is 15.0. The molecule has 6 heteroatoms. The maximum Gasteiger partial charge on any atom is 0.224 e. The van der Waals surface area contributed by atoms with Crippen molar-refractivity contribution in [2.45, 2.75) is 40.7 Å². The van der Waals surface area contributed by atoms with E-state index in [1.54, 1.807) is 0 Å². The molecule has 0 atom stereocenters. The fraction of sp³-hybridized carbons (Fsp3) is 0.240. The summed E-state index contributed by atoms with van der Waals surface area (Å²) in [5, 5.41) is 12.4. The third kappa shape index (κ3) is 4.14. The molecular formula is C25H27N5O. The maximum absolute atomic E-state index is 12.8. The van der Waals surface area contributed by atoms with E-state index < -0.39 is 0 Å². The Balaban J connectivity index is 1.48. The van der Waals surface area contributed by atoms with Crippen molar-refractivity contribution in [3.05, 3.63) is 94.6 Å². The molecule has 158 valence electrons. The number of aromatic nitrogens is 4. The van der Waals surface area contributed by atoms with Crippen molar-refractivity contribution in [2.75, 3.05) is 0 Å². The number of rotatable bonds is 6. The highest BCUT2D eigenvalue weighted by Gasteiger charge is 2.17. The molecular weight excluding hydrogens is 386 g/mol. The third-order valence-electron chi connectivity index (χ3n) is 5.68. The molecule has 0 aliphatic carbocycles. The summed E-state index contributed by atoms with van der Waals surface area (Å²) in [6, 6.07) is 20.0. The molecule has 0 bridgehead atoms. The van der Waals surface area contributed by atoms with Crippen LogP contribution in [0.2, 0.25) is 0 Å². The lowest BCUT2D eigenvalue weighted by molar-refractivity contribution is -0.120. The van der Waals surface area contributed by atoms with E-state index in [1.807, 2.05) is 97.7 Å². The molecule has 0 unspecified atom stereocenters. The summed E-state index contributed by atoms with van der Waals surface area (Å²) < 4.78 is 3.82. The zero-order valence-corrected chi connectivity index (χ0v) is 18.4. The van der Waals surface area contributed by atoms with Gasteiger partial charge < -0.3 is 5.32 Å². The number of carbonyl (C=O) groups is 1. The molecule has 0 saturated carbocycles. The van der Waals surface area contributed by atoms with Gasteiger partial charge in [0, 0.05) is 29.1 Å². The largest absolute Gasteiger partial charge is 0.352 e. The second kappa shape index (κ2) is 8.60. The van der Waals surface area contributed by atoms with Crippen molar-refractivity contribution in [3.63, 3.8) is 0 Å². The van der Waals surface area contributed by atoms with Gasteiger partial charge in [-0.1, -0.05) is 36.4 Å². The maximum atomic E-state index is 12.8. The number of nitrogens with zero attached hydrogens (tertiary/aromatic N) is 4. The smallest absolute Gasteiger partial charge is 0.224 e. The van der Waals surface area contributed by atoms with Crippen molar-refractivity contribution in [1.29, 1.82) is 0 Å². The van der Waals surface area contributed by atoms with E-state index >= 15 is 0 Å². The Labute approximate surface area is 182 Å². The van der Waals surface area contributed by atoms with Gasteiger partial charge in [0.1, 0.15) is 0 Å². The predicted octanol–water partition coefficient (Wildman–Crippen LogP) is 4.15. The van der Waals surface area contributed by atoms with Crippen LogP contribution in [0, 0.1) is 27.7 Å². The van der Waals surface area contributed by atoms with E-state index in [-0.39, 0.29) is 5.91 Å². The predicted molar refractivity (Wildman–Crippen MR) is 122 cm³/mol. The van der Waals surface area contributed by atoms with Gasteiger partial charge >= 0.3 is 0 Å². The van der Waals surface area contributed by atoms with Crippen LogP contribution in [0.3, 0.4) is 0 Å². The Morgan fingerprint density at radius 3 is 1.71 bits per heavy atom. The molecule has 31 heavy (non-hydrogen) atoms. The number of nitrogens with one attached hydrogen (secondary N) is 1. The standard InChI is InChI=1S/C25H27N5O/c1-17-23(19(3)29(27-17)21-11-7-5-8-12-21)15-25(31)26-16-24-18(2)28-30(20(24)4)22-13-9-6-10-14-22/h5-14H,15-16H2,1-4H3,(H,26,31). The SMILES string of the molecule is Cc1nn(-c2ccccc2)c(C)c1CNC(=O)Cc1c(C)nn(-c2ccccc2)c1C. The first kappa shape index (κ1) is 20.6. The average Bonchev–Trinajstić information content (AvgIpc) is 3.23. The number of benzene rings is 2. The highest BCUT2D eigenvalue weighted by Crippen LogP contribution is 2.20. The number of hydrogen-bond donors (Lipinski definition) is 1. The first-order valence-corrected chi connectivity index (χ1v) is 10.4. The molecule has 6 nitrogen and oxygen atoms in total. The molecule has 4 rings (SSSR count). The molecule has 4 aromatic rings. The monoisotopic (exact) mass is 413 g/mol. The van der Waals surface area contributed by atoms with Gasteiger partial charge in [-0.15, -0.1) is 0 Å². The molecule has 2 heterocycles. The molecule has 0 spiro atoms. The van der Waals surface area contributed by atoms with Gasteiger partial charge in [0.2, 0.25) is 5.91 Å². The van der Waals surface area contributed by atoms with Crippen LogP contribution >= 0.6 is 0 Å². The third-order valence-corrected chi connectivity index (χ3v) is 5.68. The second-order valence-corrected chi connectivity index (χ2v) is 7.75. The Kier molecular flexibility index (Phi) is 5.71. The van der Waals surface area contributed by atoms with E-state index in [4.69, 9.17) is 0 Å². The van der Waals surface area contributed by atoms with Crippen LogP contribution in [0.4, 0.5) is 0 Å². The number of hydrogen-bond acceptors (Lipinski definition) is 3. The van der Waals surface area contributed by atoms with Gasteiger partial charge in [-0.2, -0.15) is 10.2 Å². The van der Waals surface area contributed by atoms with Gasteiger partial charge in [0.15, 0.2) is 0 Å². The topological polar surface area (TPSA) is 64.7 Å². The van der Waals surface area contributed by atoms with Crippen molar-refractivity contribution in [1.82, 2.24) is 24.9 Å². The van der Waals surface area contributed by atoms with Crippen LogP contribution in [0.25, 0.3) is 11.4 Å². The summed E-state index contributed by atoms with van der Waals surface area (Å²) in [6.07, 6.45) is 0.301. The molecule has 0 aliphatic heterocycles. The summed E-state index contributed by atoms with van der Waals surface area (Å²) in [7, 11) is 0. The second-order valence-electron chi connectivity index (χ2n) is 7.75. The zero-order valence-electron chi connectivity index (χ0n) is 18.4. The Morgan fingerprint density at radius 1 is 0.742 bits per heavy atom. The van der Waals surface area contributed by atoms with Crippen molar-refractivity contribution < 1.29 is 4.79 Å². The van der Waals surface area contributed by atoms with Crippen LogP contribution in [-0.4, -0.2) is 25.5 Å². The minimum Gasteiger partial charge on any atom is -0.352 e. The van der Waals surface area contributed by atoms with Gasteiger partial charge in [-0.25, -0.2) is 9.36 Å². The number of para-hydroxylation sites is 2. The van der Waals surface area contributed by atoms with E-state index in [0.29, 0.717) is 13.0 Å². The van der Waals surface area contributed by atoms with E-state index in [0.717, 1.165) is 45.3 Å². The van der Waals surface area contributed by atoms with Gasteiger partial charge in [-0.3, -0.25) is 4.79 Å². The van der Waals surface area contributed by atoms with Crippen LogP contribution in [-0.2, 0) is 17.8 Å². The lowest BCUT2D eigenvalue weighted by Crippen LogP contribution is -2.25. The number of aryl methyl sites for hydroxylation is 2. The Morgan fingerprint density at radius 2 is 1.19 bits per heavy atom. The van der Waals surface area contributed by atoms with Gasteiger partial charge in [0.05, 0.1) is 29.2 Å². The molecule has 0 fully saturated rings. The van der Waals surface area contributed by atoms with E-state index in [1.165, 1.54) is 0 Å². The zero-order chi connectivity index (χ0) is 22.0. The van der Waals surface area contributed by atoms with Crippen molar-refractivity contribution in [2.24, 2.45) is 0 Å². The van der Waals surface area contributed by atoms with E-state index in [9.17, 15) is 4.79 Å². The summed E-state index contributed by atoms with van der Waals surface area (Å²) in [5.74, 6) is -0.0231. The summed E-state index contributed by atoms with van der Waals surface area (Å²) in [5.41, 5.74) is 7.85. The summed E-state index contributed by atoms with van der Waals surface area (Å²) >= 11 is 0. The van der Waals surface area contributed by atoms with Crippen molar-refractivity contribution in [3.8, 4) is 11.4 Å². The quantitative estimate of drug-likeness (QED) is 0.516. The van der Waals surface area contributed by atoms with Crippen LogP contribution in [0.15, 0.2) is 60.7 Å². The lowest BCUT2D eigenvalue weighted by Gasteiger charge is -2.08. The molecule has 2 aromatic carbocycles. The highest BCUT2D eigenvalue weighted by atomic mass is 16.1. The fourth-order valence-corrected chi connectivity index (χ4v) is 3.91. The molecule has 1 amide bonds. The van der Waals surface area contributed by atoms with E-state index in [2.05, 4.69) is 15.5 Å². The lowest BCUT2D eigenvalue weighted by atomic mass is 10.1. The number of carbonyl (C=O) groups excluding carboxylic acids is 1. The van der Waals surface area contributed by atoms with Crippen LogP contribution in [0.1, 0.15) is 33.9 Å². The van der Waals surface area contributed by atoms with Crippen LogP contribution < -0.4 is 5.32 Å². The molecule has 0 saturated heterocycles. The minimum absolute atomic E-state index is 0.0231. The Hall–Kier alpha value is -3.67. The Bertz CT molecular complexity index is 1210. The first-order valence-electron chi connectivity index (χ1n) is 10.4. The van der Waals surface area contributed by atoms with Crippen molar-refractivity contribution >= 4 is 5.91 Å². The summed E-state index contributed by atoms with van der Waals surface area (Å²) in [6.45, 7) is 8.42. The average molecular weight is 414 g/mol. The summed E-state index contributed by atoms with van der Waals surface area (Å²) in [4.78, 5) is 12.8. The fourth-order valence-electron chi connectivity index (χ4n) is 3.91. The number of amides is 1. The normalized spacial score (nSPS) is 11.0. The van der Waals surface area contributed by atoms with Crippen LogP contribution in [0.5, 0.6) is 0 Å². The molecule has 2 aromatic heterocycles. The molecule has 0 radical (unpaired) electrons. The minimum atomic E-state index is -0.0231. The molecule has 0 aliphatic rings.